The van der Waals surface area contributed by atoms with Crippen LogP contribution in [0.4, 0.5) is 5.69 Å². The van der Waals surface area contributed by atoms with Crippen LogP contribution in [0.2, 0.25) is 0 Å². The first kappa shape index (κ1) is 25.4. The van der Waals surface area contributed by atoms with Crippen molar-refractivity contribution in [1.82, 2.24) is 0 Å². The minimum absolute atomic E-state index is 0.973. The summed E-state index contributed by atoms with van der Waals surface area (Å²) in [6, 6.07) is 37.1. The molecule has 0 heterocycles. The van der Waals surface area contributed by atoms with E-state index in [1.807, 2.05) is 6.08 Å². The van der Waals surface area contributed by atoms with Crippen molar-refractivity contribution in [2.75, 3.05) is 11.9 Å². The van der Waals surface area contributed by atoms with E-state index in [4.69, 9.17) is 0 Å². The molecule has 0 radical (unpaired) electrons. The van der Waals surface area contributed by atoms with Gasteiger partial charge in [0.05, 0.1) is 0 Å². The molecule has 1 heteroatoms. The highest BCUT2D eigenvalue weighted by molar-refractivity contribution is 6.26. The van der Waals surface area contributed by atoms with Gasteiger partial charge in [-0.25, -0.2) is 0 Å². The number of anilines is 1. The Labute approximate surface area is 237 Å². The van der Waals surface area contributed by atoms with Gasteiger partial charge in [0.25, 0.3) is 0 Å². The Kier molecular flexibility index (Phi) is 6.58. The summed E-state index contributed by atoms with van der Waals surface area (Å²) in [5, 5.41) is 7.53. The maximum absolute atomic E-state index is 4.42. The van der Waals surface area contributed by atoms with E-state index < -0.39 is 0 Å². The molecule has 1 nitrogen and oxygen atoms in total. The molecule has 0 bridgehead atoms. The first-order valence-electron chi connectivity index (χ1n) is 13.8. The van der Waals surface area contributed by atoms with Crippen LogP contribution in [-0.4, -0.2) is 7.05 Å². The quantitative estimate of drug-likeness (QED) is 0.199. The summed E-state index contributed by atoms with van der Waals surface area (Å²) in [7, 11) is 2.08. The maximum atomic E-state index is 4.42. The van der Waals surface area contributed by atoms with Crippen molar-refractivity contribution < 1.29 is 0 Å². The summed E-state index contributed by atoms with van der Waals surface area (Å²) in [5.74, 6) is 0. The van der Waals surface area contributed by atoms with E-state index in [-0.39, 0.29) is 0 Å². The average molecular weight is 516 g/mol. The number of allylic oxidation sites excluding steroid dienone is 1. The van der Waals surface area contributed by atoms with Gasteiger partial charge in [0.1, 0.15) is 0 Å². The molecular weight excluding hydrogens is 482 g/mol. The molecule has 0 N–H and O–H groups in total. The highest BCUT2D eigenvalue weighted by Gasteiger charge is 2.17. The van der Waals surface area contributed by atoms with Gasteiger partial charge >= 0.3 is 0 Å². The van der Waals surface area contributed by atoms with Crippen molar-refractivity contribution in [3.8, 4) is 11.1 Å². The second-order valence-corrected chi connectivity index (χ2v) is 10.3. The van der Waals surface area contributed by atoms with Crippen molar-refractivity contribution in [2.24, 2.45) is 0 Å². The van der Waals surface area contributed by atoms with E-state index in [1.165, 1.54) is 65.8 Å². The van der Waals surface area contributed by atoms with E-state index in [9.17, 15) is 0 Å². The van der Waals surface area contributed by atoms with E-state index in [0.717, 1.165) is 11.3 Å². The molecule has 0 spiro atoms. The van der Waals surface area contributed by atoms with Gasteiger partial charge in [-0.1, -0.05) is 122 Å². The molecule has 0 aromatic heterocycles. The number of nitrogens with zero attached hydrogens (tertiary/aromatic N) is 1. The lowest BCUT2D eigenvalue weighted by atomic mass is 9.85. The molecule has 0 aliphatic rings. The summed E-state index contributed by atoms with van der Waals surface area (Å²) >= 11 is 0. The number of rotatable bonds is 6. The Bertz CT molecular complexity index is 1950. The molecular formula is C39H33N. The SMILES string of the molecule is C=Cc1c(/C=C\C)c2ccccc2c2c1cc(-c1ccc(C(=C)N(C)c3ccccc3C)cc1)c1ccccc12. The van der Waals surface area contributed by atoms with Crippen molar-refractivity contribution in [3.05, 3.63) is 145 Å². The highest BCUT2D eigenvalue weighted by atomic mass is 15.1. The number of fused-ring (bicyclic) bond motifs is 5. The standard InChI is InChI=1S/C39H33N/c1-6-14-31-30(7-2)37-25-36(33-17-10-12-19-35(33)39(37)34-18-11-9-16-32(31)34)29-23-21-28(22-24-29)27(4)40(5)38-20-13-8-15-26(38)3/h6-25H,2,4H2,1,3,5H3/b14-6-. The zero-order valence-electron chi connectivity index (χ0n) is 23.4. The first-order valence-corrected chi connectivity index (χ1v) is 13.8. The Morgan fingerprint density at radius 3 is 1.95 bits per heavy atom. The van der Waals surface area contributed by atoms with Gasteiger partial charge in [0, 0.05) is 18.4 Å². The summed E-state index contributed by atoms with van der Waals surface area (Å²) in [4.78, 5) is 2.17. The number of hydrogen-bond donors (Lipinski definition) is 0. The zero-order valence-corrected chi connectivity index (χ0v) is 23.4. The fourth-order valence-electron chi connectivity index (χ4n) is 6.03. The van der Waals surface area contributed by atoms with Gasteiger partial charge in [-0.15, -0.1) is 0 Å². The lowest BCUT2D eigenvalue weighted by Gasteiger charge is -2.24. The van der Waals surface area contributed by atoms with E-state index >= 15 is 0 Å². The molecule has 0 atom stereocenters. The fourth-order valence-corrected chi connectivity index (χ4v) is 6.03. The minimum Gasteiger partial charge on any atom is -0.344 e. The van der Waals surface area contributed by atoms with Crippen molar-refractivity contribution in [2.45, 2.75) is 13.8 Å². The molecule has 0 saturated heterocycles. The van der Waals surface area contributed by atoms with Crippen LogP contribution in [-0.2, 0) is 0 Å². The van der Waals surface area contributed by atoms with Crippen molar-refractivity contribution in [3.63, 3.8) is 0 Å². The first-order chi connectivity index (χ1) is 19.5. The highest BCUT2D eigenvalue weighted by Crippen LogP contribution is 2.42. The molecule has 40 heavy (non-hydrogen) atoms. The molecule has 0 aliphatic heterocycles. The number of benzene rings is 6. The van der Waals surface area contributed by atoms with Gasteiger partial charge < -0.3 is 4.90 Å². The smallest absolute Gasteiger partial charge is 0.0437 e. The Morgan fingerprint density at radius 2 is 1.30 bits per heavy atom. The third kappa shape index (κ3) is 4.12. The van der Waals surface area contributed by atoms with Gasteiger partial charge in [0.2, 0.25) is 0 Å². The monoisotopic (exact) mass is 515 g/mol. The molecule has 6 aromatic carbocycles. The predicted octanol–water partition coefficient (Wildman–Crippen LogP) is 10.9. The van der Waals surface area contributed by atoms with Crippen LogP contribution in [0.5, 0.6) is 0 Å². The fraction of sp³-hybridized carbons (Fsp3) is 0.0769. The van der Waals surface area contributed by atoms with Crippen LogP contribution in [0.3, 0.4) is 0 Å². The minimum atomic E-state index is 0.973. The number of aryl methyl sites for hydroxylation is 1. The van der Waals surface area contributed by atoms with Crippen LogP contribution in [0.15, 0.2) is 122 Å². The number of hydrogen-bond acceptors (Lipinski definition) is 1. The summed E-state index contributed by atoms with van der Waals surface area (Å²) in [6.45, 7) is 12.9. The molecule has 6 aromatic rings. The molecule has 0 aliphatic carbocycles. The van der Waals surface area contributed by atoms with E-state index in [1.54, 1.807) is 0 Å². The molecule has 194 valence electrons. The lowest BCUT2D eigenvalue weighted by Crippen LogP contribution is -2.15. The third-order valence-corrected chi connectivity index (χ3v) is 8.06. The zero-order chi connectivity index (χ0) is 27.8. The molecule has 0 unspecified atom stereocenters. The average Bonchev–Trinajstić information content (AvgIpc) is 3.00. The van der Waals surface area contributed by atoms with Gasteiger partial charge in [-0.3, -0.25) is 0 Å². The normalized spacial score (nSPS) is 11.5. The lowest BCUT2D eigenvalue weighted by molar-refractivity contribution is 1.20. The summed E-state index contributed by atoms with van der Waals surface area (Å²) < 4.78 is 0. The molecule has 0 fully saturated rings. The van der Waals surface area contributed by atoms with Crippen molar-refractivity contribution in [1.29, 1.82) is 0 Å². The Morgan fingerprint density at radius 1 is 0.700 bits per heavy atom. The summed E-state index contributed by atoms with van der Waals surface area (Å²) in [5.41, 5.74) is 9.26. The van der Waals surface area contributed by atoms with Gasteiger partial charge in [0.15, 0.2) is 0 Å². The van der Waals surface area contributed by atoms with Crippen LogP contribution in [0.25, 0.3) is 61.3 Å². The molecule has 0 amide bonds. The van der Waals surface area contributed by atoms with Crippen LogP contribution in [0, 0.1) is 6.92 Å². The Hall–Kier alpha value is -4.88. The molecule has 6 rings (SSSR count). The van der Waals surface area contributed by atoms with Crippen LogP contribution >= 0.6 is 0 Å². The van der Waals surface area contributed by atoms with E-state index in [0.29, 0.717) is 0 Å². The largest absolute Gasteiger partial charge is 0.344 e. The second kappa shape index (κ2) is 10.4. The molecule has 0 saturated carbocycles. The Balaban J connectivity index is 1.55. The van der Waals surface area contributed by atoms with Crippen LogP contribution < -0.4 is 4.90 Å². The van der Waals surface area contributed by atoms with Crippen LogP contribution in [0.1, 0.15) is 29.2 Å². The van der Waals surface area contributed by atoms with E-state index in [2.05, 4.69) is 154 Å². The third-order valence-electron chi connectivity index (χ3n) is 8.06. The number of para-hydroxylation sites is 1. The maximum Gasteiger partial charge on any atom is 0.0437 e. The van der Waals surface area contributed by atoms with Gasteiger partial charge in [-0.05, 0) is 91.7 Å². The van der Waals surface area contributed by atoms with Crippen molar-refractivity contribution >= 4 is 55.9 Å². The van der Waals surface area contributed by atoms with Gasteiger partial charge in [-0.2, -0.15) is 0 Å². The predicted molar refractivity (Wildman–Crippen MR) is 178 cm³/mol. The topological polar surface area (TPSA) is 3.24 Å². The summed E-state index contributed by atoms with van der Waals surface area (Å²) in [6.07, 6.45) is 6.33. The second-order valence-electron chi connectivity index (χ2n) is 10.3.